The maximum absolute atomic E-state index is 15.1. The Hall–Kier alpha value is -2.92. The molecule has 2 N–H and O–H groups in total. The number of morpholine rings is 1. The number of rotatable bonds is 8. The normalized spacial score (nSPS) is 16.7. The second-order valence-electron chi connectivity index (χ2n) is 8.77. The second kappa shape index (κ2) is 11.9. The van der Waals surface area contributed by atoms with E-state index in [1.165, 1.54) is 11.9 Å². The van der Waals surface area contributed by atoms with E-state index in [1.54, 1.807) is 19.4 Å². The molecule has 2 saturated heterocycles. The second-order valence-corrected chi connectivity index (χ2v) is 9.62. The first-order valence-corrected chi connectivity index (χ1v) is 13.0. The van der Waals surface area contributed by atoms with Gasteiger partial charge in [0.25, 0.3) is 0 Å². The molecule has 0 bridgehead atoms. The molecule has 3 aromatic rings. The largest absolute Gasteiger partial charge is 0.480 e. The van der Waals surface area contributed by atoms with Gasteiger partial charge in [-0.3, -0.25) is 9.88 Å². The van der Waals surface area contributed by atoms with Crippen molar-refractivity contribution in [1.29, 1.82) is 0 Å². The van der Waals surface area contributed by atoms with Crippen molar-refractivity contribution in [3.8, 4) is 17.1 Å². The summed E-state index contributed by atoms with van der Waals surface area (Å²) in [4.78, 5) is 14.3. The molecule has 0 spiro atoms. The van der Waals surface area contributed by atoms with E-state index in [2.05, 4.69) is 35.9 Å². The molecule has 0 saturated carbocycles. The van der Waals surface area contributed by atoms with E-state index in [-0.39, 0.29) is 5.82 Å². The van der Waals surface area contributed by atoms with E-state index in [0.717, 1.165) is 67.6 Å². The molecule has 36 heavy (non-hydrogen) atoms. The number of pyridine rings is 2. The summed E-state index contributed by atoms with van der Waals surface area (Å²) in [7, 11) is 1.61. The minimum absolute atomic E-state index is 0.260. The van der Waals surface area contributed by atoms with Crippen molar-refractivity contribution in [2.75, 3.05) is 69.2 Å². The van der Waals surface area contributed by atoms with Gasteiger partial charge in [-0.2, -0.15) is 0 Å². The van der Waals surface area contributed by atoms with Crippen LogP contribution in [0, 0.1) is 5.82 Å². The van der Waals surface area contributed by atoms with E-state index < -0.39 is 0 Å². The van der Waals surface area contributed by atoms with Crippen molar-refractivity contribution in [1.82, 2.24) is 20.2 Å². The minimum atomic E-state index is -0.260. The smallest absolute Gasteiger partial charge is 0.229 e. The summed E-state index contributed by atoms with van der Waals surface area (Å²) in [5, 5.41) is 3.34. The van der Waals surface area contributed by atoms with Gasteiger partial charge < -0.3 is 24.4 Å². The Morgan fingerprint density at radius 2 is 1.92 bits per heavy atom. The molecule has 0 amide bonds. The predicted octanol–water partition coefficient (Wildman–Crippen LogP) is 3.65. The molecule has 0 atom stereocenters. The number of halogens is 1. The number of hydrogen-bond acceptors (Lipinski definition) is 9. The Kier molecular flexibility index (Phi) is 8.17. The van der Waals surface area contributed by atoms with Crippen LogP contribution < -0.4 is 19.7 Å². The Balaban J connectivity index is 1.28. The number of anilines is 2. The van der Waals surface area contributed by atoms with Crippen LogP contribution in [-0.2, 0) is 11.3 Å². The van der Waals surface area contributed by atoms with Crippen molar-refractivity contribution >= 4 is 23.3 Å². The maximum Gasteiger partial charge on any atom is 0.229 e. The summed E-state index contributed by atoms with van der Waals surface area (Å²) in [5.41, 5.74) is 3.89. The fraction of sp³-hybridized carbons (Fsp3) is 0.385. The molecule has 10 heteroatoms. The molecule has 8 nitrogen and oxygen atoms in total. The van der Waals surface area contributed by atoms with Gasteiger partial charge >= 0.3 is 0 Å². The lowest BCUT2D eigenvalue weighted by Gasteiger charge is -2.29. The van der Waals surface area contributed by atoms with Crippen LogP contribution in [0.15, 0.2) is 53.7 Å². The first-order valence-electron chi connectivity index (χ1n) is 12.2. The number of hydrogen-bond donors (Lipinski definition) is 2. The maximum atomic E-state index is 15.1. The van der Waals surface area contributed by atoms with Gasteiger partial charge in [0.05, 0.1) is 42.8 Å². The Morgan fingerprint density at radius 3 is 2.69 bits per heavy atom. The van der Waals surface area contributed by atoms with Gasteiger partial charge in [-0.1, -0.05) is 6.07 Å². The highest BCUT2D eigenvalue weighted by atomic mass is 32.2. The third-order valence-electron chi connectivity index (χ3n) is 6.34. The molecule has 1 aromatic carbocycles. The van der Waals surface area contributed by atoms with E-state index in [9.17, 15) is 0 Å². The van der Waals surface area contributed by atoms with Gasteiger partial charge in [-0.25, -0.2) is 9.37 Å². The average molecular weight is 511 g/mol. The Labute approximate surface area is 215 Å². The van der Waals surface area contributed by atoms with Crippen LogP contribution in [0.3, 0.4) is 0 Å². The van der Waals surface area contributed by atoms with Crippen molar-refractivity contribution in [3.63, 3.8) is 0 Å². The van der Waals surface area contributed by atoms with Crippen LogP contribution in [0.1, 0.15) is 5.56 Å². The third kappa shape index (κ3) is 6.07. The number of aromatic nitrogens is 2. The zero-order valence-corrected chi connectivity index (χ0v) is 21.2. The first kappa shape index (κ1) is 24.8. The number of methoxy groups -OCH3 is 1. The molecule has 2 aromatic heterocycles. The average Bonchev–Trinajstić information content (AvgIpc) is 2.93. The molecule has 190 valence electrons. The van der Waals surface area contributed by atoms with E-state index in [4.69, 9.17) is 9.47 Å². The lowest BCUT2D eigenvalue weighted by Crippen LogP contribution is -2.42. The molecule has 4 heterocycles. The summed E-state index contributed by atoms with van der Waals surface area (Å²) in [6.07, 6.45) is 3.51. The molecule has 5 rings (SSSR count). The minimum Gasteiger partial charge on any atom is -0.480 e. The Bertz CT molecular complexity index is 1170. The van der Waals surface area contributed by atoms with Crippen LogP contribution in [0.2, 0.25) is 0 Å². The zero-order chi connectivity index (χ0) is 24.7. The van der Waals surface area contributed by atoms with Crippen LogP contribution in [0.4, 0.5) is 15.8 Å². The van der Waals surface area contributed by atoms with E-state index >= 15 is 4.39 Å². The van der Waals surface area contributed by atoms with Gasteiger partial charge in [0.15, 0.2) is 0 Å². The molecule has 0 unspecified atom stereocenters. The predicted molar refractivity (Wildman–Crippen MR) is 141 cm³/mol. The summed E-state index contributed by atoms with van der Waals surface area (Å²) in [6.45, 7) is 7.74. The number of benzene rings is 1. The van der Waals surface area contributed by atoms with Crippen LogP contribution >= 0.6 is 11.9 Å². The van der Waals surface area contributed by atoms with Crippen molar-refractivity contribution in [2.45, 2.75) is 11.4 Å². The third-order valence-corrected chi connectivity index (χ3v) is 7.19. The molecule has 0 aliphatic carbocycles. The van der Waals surface area contributed by atoms with Crippen molar-refractivity contribution < 1.29 is 13.9 Å². The van der Waals surface area contributed by atoms with Gasteiger partial charge in [0.1, 0.15) is 5.82 Å². The fourth-order valence-corrected chi connectivity index (χ4v) is 5.15. The SMILES string of the molecule is COc1ncc(N2CCOCC2)cc1SNc1ccnc(-c2ccc(CN3CCNCC3)cc2F)c1. The Morgan fingerprint density at radius 1 is 1.08 bits per heavy atom. The highest BCUT2D eigenvalue weighted by Gasteiger charge is 2.16. The quantitative estimate of drug-likeness (QED) is 0.442. The summed E-state index contributed by atoms with van der Waals surface area (Å²) >= 11 is 1.41. The number of piperazine rings is 1. The molecule has 2 aliphatic rings. The highest BCUT2D eigenvalue weighted by molar-refractivity contribution is 8.00. The van der Waals surface area contributed by atoms with E-state index in [0.29, 0.717) is 30.4 Å². The zero-order valence-electron chi connectivity index (χ0n) is 20.4. The van der Waals surface area contributed by atoms with Gasteiger partial charge in [0, 0.05) is 63.3 Å². The van der Waals surface area contributed by atoms with Crippen LogP contribution in [0.25, 0.3) is 11.3 Å². The summed E-state index contributed by atoms with van der Waals surface area (Å²) in [6, 6.07) is 11.2. The van der Waals surface area contributed by atoms with Crippen molar-refractivity contribution in [2.24, 2.45) is 0 Å². The molecular formula is C26H31FN6O2S. The summed E-state index contributed by atoms with van der Waals surface area (Å²) < 4.78 is 29.3. The standard InChI is InChI=1S/C26H31FN6O2S/c1-34-26-25(16-21(17-30-26)33-10-12-35-13-11-33)36-31-20-4-5-29-24(15-20)22-3-2-19(14-23(22)27)18-32-8-6-28-7-9-32/h2-5,14-17,28H,6-13,18H2,1H3,(H,29,31). The fourth-order valence-electron chi connectivity index (χ4n) is 4.39. The number of ether oxygens (including phenoxy) is 2. The molecular weight excluding hydrogens is 479 g/mol. The van der Waals surface area contributed by atoms with Gasteiger partial charge in [0.2, 0.25) is 5.88 Å². The summed E-state index contributed by atoms with van der Waals surface area (Å²) in [5.74, 6) is 0.286. The lowest BCUT2D eigenvalue weighted by atomic mass is 10.1. The lowest BCUT2D eigenvalue weighted by molar-refractivity contribution is 0.122. The topological polar surface area (TPSA) is 74.8 Å². The van der Waals surface area contributed by atoms with Crippen molar-refractivity contribution in [3.05, 3.63) is 60.2 Å². The van der Waals surface area contributed by atoms with Gasteiger partial charge in [-0.15, -0.1) is 0 Å². The first-order chi connectivity index (χ1) is 17.7. The van der Waals surface area contributed by atoms with Crippen LogP contribution in [-0.4, -0.2) is 74.5 Å². The number of nitrogens with one attached hydrogen (secondary N) is 2. The van der Waals surface area contributed by atoms with E-state index in [1.807, 2.05) is 30.5 Å². The van der Waals surface area contributed by atoms with Gasteiger partial charge in [-0.05, 0) is 47.8 Å². The molecule has 2 fully saturated rings. The van der Waals surface area contributed by atoms with Crippen LogP contribution in [0.5, 0.6) is 5.88 Å². The molecule has 0 radical (unpaired) electrons. The molecule has 2 aliphatic heterocycles. The number of nitrogens with zero attached hydrogens (tertiary/aromatic N) is 4. The highest BCUT2D eigenvalue weighted by Crippen LogP contribution is 2.33. The monoisotopic (exact) mass is 510 g/mol.